The van der Waals surface area contributed by atoms with E-state index < -0.39 is 122 Å². The lowest BCUT2D eigenvalue weighted by Gasteiger charge is -2.52. The second-order valence-electron chi connectivity index (χ2n) is 23.2. The minimum Gasteiger partial charge on any atom is -0.415 e. The highest BCUT2D eigenvalue weighted by molar-refractivity contribution is 6.72. The molecule has 1 rings (SSSR count). The van der Waals surface area contributed by atoms with Crippen LogP contribution in [0.15, 0.2) is 5.16 Å². The molecule has 57 heavy (non-hydrogen) atoms. The van der Waals surface area contributed by atoms with Crippen LogP contribution in [0.1, 0.15) is 0 Å². The topological polar surface area (TPSA) is 114 Å². The summed E-state index contributed by atoms with van der Waals surface area (Å²) in [6, 6.07) is 0. The monoisotopic (exact) mass is 947 g/mol. The standard InChI is InChI=1S/C37H89NO11Si8/c1-39-38-26-29(44-52(8,9)10)32(34(47-55(17,18)19)31(45-53(11,12)13)28-41-51(5,6)7)43-37-36(49-57(23,24)25)35(48-56(20,21)22)33(46-54(14,15)16)30(42-37)27-40-50(2,3)4/h26,29-37H,27-28H2,1-25H3/b38-26+. The van der Waals surface area contributed by atoms with E-state index in [0.717, 1.165) is 0 Å². The predicted octanol–water partition coefficient (Wildman–Crippen LogP) is 9.75. The number of hydrogen-bond acceptors (Lipinski definition) is 12. The molecule has 0 aromatic heterocycles. The number of rotatable bonds is 25. The molecule has 1 aliphatic heterocycles. The van der Waals surface area contributed by atoms with Gasteiger partial charge in [0.2, 0.25) is 0 Å². The molecule has 0 amide bonds. The highest BCUT2D eigenvalue weighted by Crippen LogP contribution is 2.37. The Kier molecular flexibility index (Phi) is 21.0. The van der Waals surface area contributed by atoms with E-state index in [2.05, 4.69) is 162 Å². The highest BCUT2D eigenvalue weighted by Gasteiger charge is 2.54. The third kappa shape index (κ3) is 24.9. The van der Waals surface area contributed by atoms with Gasteiger partial charge in [0.1, 0.15) is 49.8 Å². The SMILES string of the molecule is CO/N=C/C(O[Si](C)(C)C)C(OC1OC(CO[Si](C)(C)C)C(O[Si](C)(C)C)C(O[Si](C)(C)C)C1O[Si](C)(C)C)C(O[Si](C)(C)C)C(CO[Si](C)(C)C)O[Si](C)(C)C. The highest BCUT2D eigenvalue weighted by atomic mass is 28.4. The molecule has 12 nitrogen and oxygen atoms in total. The summed E-state index contributed by atoms with van der Waals surface area (Å²) in [7, 11) is -15.8. The van der Waals surface area contributed by atoms with E-state index in [0.29, 0.717) is 13.2 Å². The zero-order chi connectivity index (χ0) is 44.8. The molecule has 340 valence electrons. The predicted molar refractivity (Wildman–Crippen MR) is 257 cm³/mol. The van der Waals surface area contributed by atoms with E-state index in [1.807, 2.05) is 0 Å². The van der Waals surface area contributed by atoms with Crippen molar-refractivity contribution in [1.29, 1.82) is 0 Å². The Balaban J connectivity index is 4.38. The molecule has 0 aromatic rings. The van der Waals surface area contributed by atoms with Gasteiger partial charge in [-0.15, -0.1) is 0 Å². The summed E-state index contributed by atoms with van der Waals surface area (Å²) in [6.45, 7) is 53.2. The molecule has 1 heterocycles. The molecule has 0 radical (unpaired) electrons. The number of oxime groups is 1. The number of ether oxygens (including phenoxy) is 2. The Morgan fingerprint density at radius 3 is 1.33 bits per heavy atom. The fourth-order valence-electron chi connectivity index (χ4n) is 6.03. The molecule has 0 aromatic carbocycles. The van der Waals surface area contributed by atoms with E-state index >= 15 is 0 Å². The number of hydrogen-bond donors (Lipinski definition) is 0. The van der Waals surface area contributed by atoms with Crippen LogP contribution in [0.2, 0.25) is 157 Å². The van der Waals surface area contributed by atoms with Crippen molar-refractivity contribution in [3.8, 4) is 0 Å². The summed E-state index contributed by atoms with van der Waals surface area (Å²) in [5.74, 6) is 0. The van der Waals surface area contributed by atoms with E-state index in [4.69, 9.17) is 49.7 Å². The smallest absolute Gasteiger partial charge is 0.186 e. The maximum atomic E-state index is 7.54. The summed E-state index contributed by atoms with van der Waals surface area (Å²) >= 11 is 0. The Hall–Kier alpha value is 0.805. The zero-order valence-corrected chi connectivity index (χ0v) is 49.1. The zero-order valence-electron chi connectivity index (χ0n) is 41.1. The maximum Gasteiger partial charge on any atom is 0.186 e. The second-order valence-corrected chi connectivity index (χ2v) is 59.0. The van der Waals surface area contributed by atoms with E-state index in [1.54, 1.807) is 6.21 Å². The van der Waals surface area contributed by atoms with Crippen LogP contribution in [0.5, 0.6) is 0 Å². The maximum absolute atomic E-state index is 7.54. The molecule has 20 heteroatoms. The molecular weight excluding hydrogens is 859 g/mol. The van der Waals surface area contributed by atoms with Crippen LogP contribution >= 0.6 is 0 Å². The summed E-state index contributed by atoms with van der Waals surface area (Å²) < 4.78 is 70.9. The third-order valence-corrected chi connectivity index (χ3v) is 15.5. The Morgan fingerprint density at radius 1 is 0.491 bits per heavy atom. The van der Waals surface area contributed by atoms with Crippen LogP contribution < -0.4 is 0 Å². The lowest BCUT2D eigenvalue weighted by atomic mass is 9.98. The van der Waals surface area contributed by atoms with Crippen LogP contribution in [-0.4, -0.2) is 148 Å². The van der Waals surface area contributed by atoms with Crippen molar-refractivity contribution in [3.05, 3.63) is 0 Å². The number of nitrogens with zero attached hydrogens (tertiary/aromatic N) is 1. The first-order valence-electron chi connectivity index (χ1n) is 20.9. The second kappa shape index (κ2) is 21.5. The molecule has 9 atom stereocenters. The average Bonchev–Trinajstić information content (AvgIpc) is 2.92. The molecule has 1 fully saturated rings. The van der Waals surface area contributed by atoms with Gasteiger partial charge >= 0.3 is 0 Å². The lowest BCUT2D eigenvalue weighted by molar-refractivity contribution is -0.313. The van der Waals surface area contributed by atoms with Crippen LogP contribution in [0.3, 0.4) is 0 Å². The molecule has 0 aliphatic carbocycles. The fraction of sp³-hybridized carbons (Fsp3) is 0.973. The quantitative estimate of drug-likeness (QED) is 0.0495. The van der Waals surface area contributed by atoms with E-state index in [9.17, 15) is 0 Å². The Bertz CT molecular complexity index is 1210. The van der Waals surface area contributed by atoms with Crippen molar-refractivity contribution >= 4 is 72.8 Å². The van der Waals surface area contributed by atoms with E-state index in [1.165, 1.54) is 7.11 Å². The van der Waals surface area contributed by atoms with Gasteiger partial charge in [0.25, 0.3) is 0 Å². The molecular formula is C37H89NO11Si8. The normalized spacial score (nSPS) is 24.8. The van der Waals surface area contributed by atoms with Gasteiger partial charge in [-0.3, -0.25) is 0 Å². The molecule has 1 aliphatic rings. The molecule has 0 bridgehead atoms. The minimum atomic E-state index is -2.31. The molecule has 1 saturated heterocycles. The van der Waals surface area contributed by atoms with Gasteiger partial charge in [0.05, 0.1) is 25.5 Å². The summed E-state index contributed by atoms with van der Waals surface area (Å²) in [4.78, 5) is 5.32. The van der Waals surface area contributed by atoms with Gasteiger partial charge in [-0.05, 0) is 157 Å². The molecule has 9 unspecified atom stereocenters. The first kappa shape index (κ1) is 55.8. The van der Waals surface area contributed by atoms with Crippen molar-refractivity contribution < 1.29 is 49.7 Å². The van der Waals surface area contributed by atoms with Crippen molar-refractivity contribution in [3.63, 3.8) is 0 Å². The van der Waals surface area contributed by atoms with Crippen LogP contribution in [0.25, 0.3) is 0 Å². The summed E-state index contributed by atoms with van der Waals surface area (Å²) in [5, 5.41) is 4.31. The summed E-state index contributed by atoms with van der Waals surface area (Å²) in [5.41, 5.74) is 0. The van der Waals surface area contributed by atoms with Gasteiger partial charge in [-0.25, -0.2) is 0 Å². The largest absolute Gasteiger partial charge is 0.415 e. The average molecular weight is 949 g/mol. The van der Waals surface area contributed by atoms with Gasteiger partial charge in [0.15, 0.2) is 72.8 Å². The van der Waals surface area contributed by atoms with Crippen molar-refractivity contribution in [2.24, 2.45) is 5.16 Å². The van der Waals surface area contributed by atoms with Gasteiger partial charge in [-0.2, -0.15) is 0 Å². The van der Waals surface area contributed by atoms with Gasteiger partial charge in [-0.1, -0.05) is 5.16 Å². The van der Waals surface area contributed by atoms with Crippen molar-refractivity contribution in [2.75, 3.05) is 20.3 Å². The first-order chi connectivity index (χ1) is 25.2. The third-order valence-electron chi connectivity index (χ3n) is 7.52. The minimum absolute atomic E-state index is 0.334. The Morgan fingerprint density at radius 2 is 0.930 bits per heavy atom. The van der Waals surface area contributed by atoms with Crippen molar-refractivity contribution in [2.45, 2.75) is 212 Å². The Labute approximate surface area is 358 Å². The lowest BCUT2D eigenvalue weighted by Crippen LogP contribution is -2.68. The van der Waals surface area contributed by atoms with Crippen LogP contribution in [0, 0.1) is 0 Å². The van der Waals surface area contributed by atoms with Gasteiger partial charge < -0.3 is 49.7 Å². The van der Waals surface area contributed by atoms with Crippen LogP contribution in [-0.2, 0) is 49.7 Å². The molecule has 0 saturated carbocycles. The fourth-order valence-corrected chi connectivity index (χ4v) is 13.8. The van der Waals surface area contributed by atoms with Gasteiger partial charge in [0, 0.05) is 0 Å². The van der Waals surface area contributed by atoms with Crippen molar-refractivity contribution in [1.82, 2.24) is 0 Å². The summed E-state index contributed by atoms with van der Waals surface area (Å²) in [6.07, 6.45) is -3.88. The molecule has 0 N–H and O–H groups in total. The van der Waals surface area contributed by atoms with E-state index in [-0.39, 0.29) is 0 Å². The first-order valence-corrected chi connectivity index (χ1v) is 48.2. The van der Waals surface area contributed by atoms with Crippen LogP contribution in [0.4, 0.5) is 0 Å². The molecule has 0 spiro atoms.